The van der Waals surface area contributed by atoms with Crippen LogP contribution >= 0.6 is 0 Å². The normalized spacial score (nSPS) is 16.2. The van der Waals surface area contributed by atoms with Crippen molar-refractivity contribution in [2.75, 3.05) is 4.90 Å². The van der Waals surface area contributed by atoms with E-state index in [2.05, 4.69) is 187 Å². The van der Waals surface area contributed by atoms with E-state index in [-0.39, 0.29) is 0 Å². The molecule has 0 saturated carbocycles. The van der Waals surface area contributed by atoms with E-state index in [4.69, 9.17) is 0 Å². The highest BCUT2D eigenvalue weighted by Crippen LogP contribution is 2.50. The molecule has 0 spiro atoms. The lowest BCUT2D eigenvalue weighted by Crippen LogP contribution is -2.11. The Labute approximate surface area is 295 Å². The summed E-state index contributed by atoms with van der Waals surface area (Å²) >= 11 is 0. The third-order valence-electron chi connectivity index (χ3n) is 10.5. The maximum Gasteiger partial charge on any atom is 0.0474 e. The zero-order chi connectivity index (χ0) is 33.3. The van der Waals surface area contributed by atoms with Gasteiger partial charge in [0, 0.05) is 23.0 Å². The first-order valence-electron chi connectivity index (χ1n) is 17.9. The second-order valence-electron chi connectivity index (χ2n) is 13.5. The summed E-state index contributed by atoms with van der Waals surface area (Å²) in [5.41, 5.74) is 18.2. The van der Waals surface area contributed by atoms with Gasteiger partial charge < -0.3 is 4.90 Å². The van der Waals surface area contributed by atoms with Gasteiger partial charge in [0.05, 0.1) is 0 Å². The number of hydrogen-bond donors (Lipinski definition) is 0. The number of benzene rings is 6. The van der Waals surface area contributed by atoms with E-state index in [0.29, 0.717) is 5.92 Å². The third-order valence-corrected chi connectivity index (χ3v) is 10.5. The Balaban J connectivity index is 1.21. The van der Waals surface area contributed by atoms with Crippen LogP contribution in [0.2, 0.25) is 0 Å². The van der Waals surface area contributed by atoms with Gasteiger partial charge in [-0.15, -0.1) is 0 Å². The molecule has 240 valence electrons. The lowest BCUT2D eigenvalue weighted by molar-refractivity contribution is 0.784. The summed E-state index contributed by atoms with van der Waals surface area (Å²) in [6, 6.07) is 55.8. The molecule has 6 aromatic rings. The van der Waals surface area contributed by atoms with Crippen LogP contribution in [-0.4, -0.2) is 0 Å². The molecular formula is C49H39N. The molecule has 0 amide bonds. The third kappa shape index (κ3) is 5.65. The highest BCUT2D eigenvalue weighted by atomic mass is 15.1. The van der Waals surface area contributed by atoms with Gasteiger partial charge in [-0.1, -0.05) is 151 Å². The average Bonchev–Trinajstić information content (AvgIpc) is 3.58. The van der Waals surface area contributed by atoms with Gasteiger partial charge in [0.1, 0.15) is 0 Å². The van der Waals surface area contributed by atoms with Crippen LogP contribution < -0.4 is 4.90 Å². The smallest absolute Gasteiger partial charge is 0.0474 e. The van der Waals surface area contributed by atoms with Gasteiger partial charge in [0.25, 0.3) is 0 Å². The SMILES string of the molecule is C1=CC(c2ccc(N(c3ccc(-c4ccccc4)cc3)c3cc4c(c(-c5ccccc5)c3)CC3=C4C=CCC3c3ccccc3)cc2)=CCC1. The number of nitrogens with zero attached hydrogens (tertiary/aromatic N) is 1. The minimum absolute atomic E-state index is 0.396. The Morgan fingerprint density at radius 3 is 1.74 bits per heavy atom. The molecule has 0 saturated heterocycles. The molecule has 1 unspecified atom stereocenters. The first-order chi connectivity index (χ1) is 24.8. The Hall–Kier alpha value is -5.92. The second-order valence-corrected chi connectivity index (χ2v) is 13.5. The Bertz CT molecular complexity index is 2270. The molecule has 9 rings (SSSR count). The Morgan fingerprint density at radius 1 is 0.480 bits per heavy atom. The molecule has 3 aliphatic carbocycles. The van der Waals surface area contributed by atoms with Crippen molar-refractivity contribution < 1.29 is 0 Å². The molecule has 0 aliphatic heterocycles. The molecule has 1 atom stereocenters. The number of fused-ring (bicyclic) bond motifs is 2. The van der Waals surface area contributed by atoms with Crippen LogP contribution in [0.25, 0.3) is 33.4 Å². The van der Waals surface area contributed by atoms with E-state index in [0.717, 1.165) is 37.1 Å². The fourth-order valence-corrected chi connectivity index (χ4v) is 8.06. The van der Waals surface area contributed by atoms with Gasteiger partial charge >= 0.3 is 0 Å². The molecular weight excluding hydrogens is 603 g/mol. The summed E-state index contributed by atoms with van der Waals surface area (Å²) < 4.78 is 0. The standard InChI is InChI=1S/C49H39N/c1-5-14-35(15-6-1)37-24-28-41(29-25-37)50(42-30-26-38(27-31-42)36-16-7-2-8-17-36)43-32-46(40-20-11-4-12-21-40)49-34-48-44(39-18-9-3-10-19-39)22-13-23-45(48)47(49)33-43/h1,3-7,9-21,23-33,44H,2,8,22,34H2. The number of rotatable bonds is 7. The molecule has 0 N–H and O–H groups in total. The first kappa shape index (κ1) is 30.2. The highest BCUT2D eigenvalue weighted by Gasteiger charge is 2.32. The van der Waals surface area contributed by atoms with E-state index in [1.54, 1.807) is 5.57 Å². The van der Waals surface area contributed by atoms with Crippen molar-refractivity contribution in [3.8, 4) is 22.3 Å². The zero-order valence-electron chi connectivity index (χ0n) is 28.2. The van der Waals surface area contributed by atoms with Crippen LogP contribution in [0, 0.1) is 0 Å². The average molecular weight is 642 g/mol. The molecule has 0 heterocycles. The van der Waals surface area contributed by atoms with E-state index < -0.39 is 0 Å². The van der Waals surface area contributed by atoms with Gasteiger partial charge in [-0.2, -0.15) is 0 Å². The van der Waals surface area contributed by atoms with Crippen molar-refractivity contribution in [1.29, 1.82) is 0 Å². The van der Waals surface area contributed by atoms with Gasteiger partial charge in [0.2, 0.25) is 0 Å². The van der Waals surface area contributed by atoms with Crippen LogP contribution in [0.5, 0.6) is 0 Å². The molecule has 3 aliphatic rings. The number of hydrogen-bond acceptors (Lipinski definition) is 1. The summed E-state index contributed by atoms with van der Waals surface area (Å²) in [4.78, 5) is 2.44. The van der Waals surface area contributed by atoms with Crippen molar-refractivity contribution in [3.63, 3.8) is 0 Å². The number of anilines is 3. The minimum atomic E-state index is 0.396. The van der Waals surface area contributed by atoms with Gasteiger partial charge in [-0.3, -0.25) is 0 Å². The molecule has 6 aromatic carbocycles. The minimum Gasteiger partial charge on any atom is -0.310 e. The molecule has 0 fully saturated rings. The summed E-state index contributed by atoms with van der Waals surface area (Å²) in [7, 11) is 0. The quantitative estimate of drug-likeness (QED) is 0.168. The lowest BCUT2D eigenvalue weighted by atomic mass is 9.82. The lowest BCUT2D eigenvalue weighted by Gasteiger charge is -2.28. The molecule has 0 bridgehead atoms. The highest BCUT2D eigenvalue weighted by molar-refractivity contribution is 5.93. The van der Waals surface area contributed by atoms with Crippen molar-refractivity contribution >= 4 is 28.2 Å². The van der Waals surface area contributed by atoms with Crippen LogP contribution in [0.1, 0.15) is 47.4 Å². The maximum absolute atomic E-state index is 2.45. The Morgan fingerprint density at radius 2 is 1.08 bits per heavy atom. The monoisotopic (exact) mass is 641 g/mol. The number of allylic oxidation sites excluding steroid dienone is 8. The zero-order valence-corrected chi connectivity index (χ0v) is 28.2. The van der Waals surface area contributed by atoms with Crippen molar-refractivity contribution in [3.05, 3.63) is 210 Å². The van der Waals surface area contributed by atoms with E-state index in [1.807, 2.05) is 0 Å². The maximum atomic E-state index is 2.45. The predicted molar refractivity (Wildman–Crippen MR) is 212 cm³/mol. The van der Waals surface area contributed by atoms with Gasteiger partial charge in [-0.25, -0.2) is 0 Å². The molecule has 0 aromatic heterocycles. The van der Waals surface area contributed by atoms with Gasteiger partial charge in [-0.05, 0) is 118 Å². The van der Waals surface area contributed by atoms with Crippen molar-refractivity contribution in [2.24, 2.45) is 0 Å². The largest absolute Gasteiger partial charge is 0.310 e. The van der Waals surface area contributed by atoms with Crippen LogP contribution in [0.3, 0.4) is 0 Å². The van der Waals surface area contributed by atoms with E-state index in [1.165, 1.54) is 61.3 Å². The van der Waals surface area contributed by atoms with Crippen molar-refractivity contribution in [2.45, 2.75) is 31.6 Å². The second kappa shape index (κ2) is 13.2. The molecule has 50 heavy (non-hydrogen) atoms. The first-order valence-corrected chi connectivity index (χ1v) is 17.9. The van der Waals surface area contributed by atoms with Gasteiger partial charge in [0.15, 0.2) is 0 Å². The summed E-state index contributed by atoms with van der Waals surface area (Å²) in [6.45, 7) is 0. The molecule has 1 nitrogen and oxygen atoms in total. The fraction of sp³-hybridized carbons (Fsp3) is 0.102. The van der Waals surface area contributed by atoms with Crippen LogP contribution in [0.15, 0.2) is 188 Å². The van der Waals surface area contributed by atoms with Crippen LogP contribution in [-0.2, 0) is 6.42 Å². The van der Waals surface area contributed by atoms with E-state index in [9.17, 15) is 0 Å². The van der Waals surface area contributed by atoms with Crippen LogP contribution in [0.4, 0.5) is 17.1 Å². The fourth-order valence-electron chi connectivity index (χ4n) is 8.06. The summed E-state index contributed by atoms with van der Waals surface area (Å²) in [5.74, 6) is 0.396. The topological polar surface area (TPSA) is 3.24 Å². The predicted octanol–water partition coefficient (Wildman–Crippen LogP) is 13.3. The van der Waals surface area contributed by atoms with Crippen molar-refractivity contribution in [1.82, 2.24) is 0 Å². The molecule has 1 heteroatoms. The van der Waals surface area contributed by atoms with E-state index >= 15 is 0 Å². The summed E-state index contributed by atoms with van der Waals surface area (Å²) in [5, 5.41) is 0. The molecule has 0 radical (unpaired) electrons. The Kier molecular flexibility index (Phi) is 7.95. The summed E-state index contributed by atoms with van der Waals surface area (Å²) in [6.07, 6.45) is 15.9.